The molecule has 0 fully saturated rings. The number of nitrogens with one attached hydrogen (secondary N) is 1. The Bertz CT molecular complexity index is 1480. The summed E-state index contributed by atoms with van der Waals surface area (Å²) in [5.74, 6) is -1.07. The minimum atomic E-state index is -0.620. The molecule has 0 atom stereocenters. The Hall–Kier alpha value is -3.98. The number of para-hydroxylation sites is 1. The minimum Gasteiger partial charge on any atom is -0.462 e. The number of carbonyl (C=O) groups excluding carboxylic acids is 2. The number of aromatic nitrogens is 2. The number of benzene rings is 2. The van der Waals surface area contributed by atoms with Crippen LogP contribution in [0.15, 0.2) is 69.6 Å². The molecule has 8 nitrogen and oxygen atoms in total. The van der Waals surface area contributed by atoms with Gasteiger partial charge in [-0.1, -0.05) is 24.3 Å². The van der Waals surface area contributed by atoms with Crippen molar-refractivity contribution in [1.82, 2.24) is 9.13 Å². The molecule has 0 radical (unpaired) electrons. The quantitative estimate of drug-likeness (QED) is 0.442. The molecule has 33 heavy (non-hydrogen) atoms. The van der Waals surface area contributed by atoms with E-state index in [4.69, 9.17) is 4.74 Å². The summed E-state index contributed by atoms with van der Waals surface area (Å²) in [7, 11) is 0. The first-order valence-electron chi connectivity index (χ1n) is 10.3. The number of amides is 1. The lowest BCUT2D eigenvalue weighted by atomic mass is 10.2. The molecule has 4 rings (SSSR count). The van der Waals surface area contributed by atoms with E-state index < -0.39 is 23.1 Å². The van der Waals surface area contributed by atoms with E-state index in [1.165, 1.54) is 15.9 Å². The summed E-state index contributed by atoms with van der Waals surface area (Å²) in [5, 5.41) is 4.39. The minimum absolute atomic E-state index is 0.202. The normalized spacial score (nSPS) is 10.8. The highest BCUT2D eigenvalue weighted by atomic mass is 32.1. The first kappa shape index (κ1) is 22.2. The first-order valence-corrected chi connectivity index (χ1v) is 11.1. The molecule has 0 saturated carbocycles. The van der Waals surface area contributed by atoms with Gasteiger partial charge in [-0.25, -0.2) is 14.2 Å². The topological polar surface area (TPSA) is 99.4 Å². The van der Waals surface area contributed by atoms with Crippen molar-refractivity contribution in [2.45, 2.75) is 20.4 Å². The average molecular weight is 464 g/mol. The van der Waals surface area contributed by atoms with Crippen molar-refractivity contribution >= 4 is 39.1 Å². The highest BCUT2D eigenvalue weighted by Gasteiger charge is 2.19. The summed E-state index contributed by atoms with van der Waals surface area (Å²) < 4.78 is 7.75. The van der Waals surface area contributed by atoms with Gasteiger partial charge in [-0.2, -0.15) is 0 Å². The van der Waals surface area contributed by atoms with Crippen LogP contribution in [-0.4, -0.2) is 27.6 Å². The fourth-order valence-corrected chi connectivity index (χ4v) is 4.37. The molecule has 2 aromatic heterocycles. The summed E-state index contributed by atoms with van der Waals surface area (Å²) in [4.78, 5) is 51.5. The molecule has 1 N–H and O–H groups in total. The van der Waals surface area contributed by atoms with Gasteiger partial charge in [-0.3, -0.25) is 14.2 Å². The van der Waals surface area contributed by atoms with Crippen LogP contribution in [0.4, 0.5) is 5.69 Å². The van der Waals surface area contributed by atoms with E-state index in [0.717, 1.165) is 10.1 Å². The second-order valence-corrected chi connectivity index (χ2v) is 8.21. The summed E-state index contributed by atoms with van der Waals surface area (Å²) in [6, 6.07) is 15.2. The van der Waals surface area contributed by atoms with E-state index in [1.54, 1.807) is 60.8 Å². The Morgan fingerprint density at radius 3 is 2.61 bits per heavy atom. The number of hydrogen-bond acceptors (Lipinski definition) is 6. The number of aryl methyl sites for hydroxylation is 1. The van der Waals surface area contributed by atoms with Crippen LogP contribution in [0.3, 0.4) is 0 Å². The molecular weight excluding hydrogens is 442 g/mol. The van der Waals surface area contributed by atoms with Gasteiger partial charge in [0.15, 0.2) is 0 Å². The fourth-order valence-electron chi connectivity index (χ4n) is 3.55. The Morgan fingerprint density at radius 2 is 1.85 bits per heavy atom. The van der Waals surface area contributed by atoms with Crippen molar-refractivity contribution in [3.8, 4) is 5.69 Å². The summed E-state index contributed by atoms with van der Waals surface area (Å²) >= 11 is 1.21. The van der Waals surface area contributed by atoms with Crippen LogP contribution < -0.4 is 16.6 Å². The van der Waals surface area contributed by atoms with Gasteiger partial charge in [0.05, 0.1) is 29.1 Å². The lowest BCUT2D eigenvalue weighted by Gasteiger charge is -2.14. The highest BCUT2D eigenvalue weighted by molar-refractivity contribution is 7.17. The van der Waals surface area contributed by atoms with Crippen molar-refractivity contribution in [2.75, 3.05) is 11.9 Å². The SMILES string of the molecule is CCOC(=O)c1ccccc1NC(=O)Cn1c(=O)n(-c2cccc(C)c2)c(=O)c2sccc21. The predicted molar refractivity (Wildman–Crippen MR) is 127 cm³/mol. The van der Waals surface area contributed by atoms with E-state index >= 15 is 0 Å². The van der Waals surface area contributed by atoms with Gasteiger partial charge in [-0.05, 0) is 55.1 Å². The molecule has 1 amide bonds. The van der Waals surface area contributed by atoms with Crippen LogP contribution in [0.1, 0.15) is 22.8 Å². The van der Waals surface area contributed by atoms with Gasteiger partial charge in [-0.15, -0.1) is 11.3 Å². The van der Waals surface area contributed by atoms with Crippen LogP contribution in [0.5, 0.6) is 0 Å². The Labute approximate surface area is 192 Å². The predicted octanol–water partition coefficient (Wildman–Crippen LogP) is 3.34. The maximum atomic E-state index is 13.3. The second kappa shape index (κ2) is 9.25. The third-order valence-corrected chi connectivity index (χ3v) is 5.90. The molecule has 0 aliphatic heterocycles. The molecule has 168 valence electrons. The molecular formula is C24H21N3O5S. The second-order valence-electron chi connectivity index (χ2n) is 7.30. The Kier molecular flexibility index (Phi) is 6.23. The highest BCUT2D eigenvalue weighted by Crippen LogP contribution is 2.19. The molecule has 9 heteroatoms. The van der Waals surface area contributed by atoms with Crippen molar-refractivity contribution in [1.29, 1.82) is 0 Å². The van der Waals surface area contributed by atoms with Crippen molar-refractivity contribution in [2.24, 2.45) is 0 Å². The average Bonchev–Trinajstić information content (AvgIpc) is 3.28. The largest absolute Gasteiger partial charge is 0.462 e. The van der Waals surface area contributed by atoms with Gasteiger partial charge in [0.2, 0.25) is 5.91 Å². The van der Waals surface area contributed by atoms with Crippen LogP contribution in [-0.2, 0) is 16.1 Å². The molecule has 0 aliphatic rings. The van der Waals surface area contributed by atoms with Crippen molar-refractivity contribution in [3.05, 3.63) is 91.9 Å². The molecule has 0 spiro atoms. The van der Waals surface area contributed by atoms with Crippen LogP contribution in [0.2, 0.25) is 0 Å². The van der Waals surface area contributed by atoms with E-state index in [1.807, 2.05) is 13.0 Å². The first-order chi connectivity index (χ1) is 15.9. The van der Waals surface area contributed by atoms with Gasteiger partial charge in [0, 0.05) is 0 Å². The Morgan fingerprint density at radius 1 is 1.06 bits per heavy atom. The maximum absolute atomic E-state index is 13.3. The number of esters is 1. The van der Waals surface area contributed by atoms with E-state index in [9.17, 15) is 19.2 Å². The zero-order chi connectivity index (χ0) is 23.5. The molecule has 0 saturated heterocycles. The van der Waals surface area contributed by atoms with Gasteiger partial charge in [0.25, 0.3) is 5.56 Å². The van der Waals surface area contributed by atoms with Crippen LogP contribution >= 0.6 is 11.3 Å². The monoisotopic (exact) mass is 463 g/mol. The molecule has 2 aromatic carbocycles. The lowest BCUT2D eigenvalue weighted by Crippen LogP contribution is -2.40. The van der Waals surface area contributed by atoms with Crippen molar-refractivity contribution < 1.29 is 14.3 Å². The van der Waals surface area contributed by atoms with Crippen molar-refractivity contribution in [3.63, 3.8) is 0 Å². The summed E-state index contributed by atoms with van der Waals surface area (Å²) in [6.07, 6.45) is 0. The smallest absolute Gasteiger partial charge is 0.340 e. The number of carbonyl (C=O) groups is 2. The number of rotatable bonds is 6. The van der Waals surface area contributed by atoms with Crippen LogP contribution in [0.25, 0.3) is 15.9 Å². The lowest BCUT2D eigenvalue weighted by molar-refractivity contribution is -0.116. The third-order valence-electron chi connectivity index (χ3n) is 5.01. The van der Waals surface area contributed by atoms with Crippen LogP contribution in [0, 0.1) is 6.92 Å². The number of fused-ring (bicyclic) bond motifs is 1. The fraction of sp³-hybridized carbons (Fsp3) is 0.167. The summed E-state index contributed by atoms with van der Waals surface area (Å²) in [6.45, 7) is 3.43. The molecule has 0 unspecified atom stereocenters. The molecule has 2 heterocycles. The van der Waals surface area contributed by atoms with Gasteiger partial charge < -0.3 is 10.1 Å². The maximum Gasteiger partial charge on any atom is 0.340 e. The van der Waals surface area contributed by atoms with E-state index in [2.05, 4.69) is 5.32 Å². The number of ether oxygens (including phenoxy) is 1. The van der Waals surface area contributed by atoms with E-state index in [0.29, 0.717) is 15.9 Å². The third kappa shape index (κ3) is 4.35. The number of anilines is 1. The van der Waals surface area contributed by atoms with Gasteiger partial charge in [0.1, 0.15) is 11.2 Å². The zero-order valence-corrected chi connectivity index (χ0v) is 18.8. The molecule has 0 aliphatic carbocycles. The van der Waals surface area contributed by atoms with E-state index in [-0.39, 0.29) is 24.4 Å². The molecule has 0 bridgehead atoms. The molecule has 4 aromatic rings. The standard InChI is InChI=1S/C24H21N3O5S/c1-3-32-23(30)17-9-4-5-10-18(17)25-20(28)14-26-19-11-12-33-21(19)22(29)27(24(26)31)16-8-6-7-15(2)13-16/h4-13H,3,14H2,1-2H3,(H,25,28). The number of hydrogen-bond donors (Lipinski definition) is 1. The zero-order valence-electron chi connectivity index (χ0n) is 18.0. The number of nitrogens with zero attached hydrogens (tertiary/aromatic N) is 2. The number of thiophene rings is 1. The van der Waals surface area contributed by atoms with Gasteiger partial charge >= 0.3 is 11.7 Å². The Balaban J connectivity index is 1.74. The summed E-state index contributed by atoms with van der Waals surface area (Å²) in [5.41, 5.74) is 1.15.